The quantitative estimate of drug-likeness (QED) is 0.771. The van der Waals surface area contributed by atoms with E-state index in [1.54, 1.807) is 38.3 Å². The number of nitrogens with one attached hydrogen (secondary N) is 1. The lowest BCUT2D eigenvalue weighted by Crippen LogP contribution is -2.52. The maximum atomic E-state index is 13.2. The number of nitrogens with zero attached hydrogens (tertiary/aromatic N) is 1. The lowest BCUT2D eigenvalue weighted by molar-refractivity contribution is -0.140. The normalized spacial score (nSPS) is 12.2. The highest BCUT2D eigenvalue weighted by molar-refractivity contribution is 5.88. The van der Waals surface area contributed by atoms with Gasteiger partial charge in [0.25, 0.3) is 0 Å². The van der Waals surface area contributed by atoms with E-state index >= 15 is 0 Å². The predicted molar refractivity (Wildman–Crippen MR) is 111 cm³/mol. The number of amides is 2. The summed E-state index contributed by atoms with van der Waals surface area (Å²) < 4.78 is 18.4. The van der Waals surface area contributed by atoms with E-state index in [2.05, 4.69) is 5.32 Å². The number of carbonyl (C=O) groups excluding carboxylic acids is 2. The van der Waals surface area contributed by atoms with E-state index in [0.29, 0.717) is 5.75 Å². The van der Waals surface area contributed by atoms with Crippen LogP contribution in [-0.2, 0) is 22.6 Å². The van der Waals surface area contributed by atoms with Gasteiger partial charge in [-0.25, -0.2) is 4.39 Å². The largest absolute Gasteiger partial charge is 0.497 e. The third kappa shape index (κ3) is 6.89. The van der Waals surface area contributed by atoms with Crippen molar-refractivity contribution in [2.75, 3.05) is 7.11 Å². The van der Waals surface area contributed by atoms with Gasteiger partial charge in [-0.05, 0) is 63.1 Å². The standard InChI is InChI=1S/C23H29FN2O3/c1-16(22(28)25-23(2,3)4)26(15-18-6-10-19(24)11-7-18)21(27)14-17-8-12-20(29-5)13-9-17/h6-13,16H,14-15H2,1-5H3,(H,25,28)/t16-/m1/s1. The van der Waals surface area contributed by atoms with E-state index < -0.39 is 11.6 Å². The Morgan fingerprint density at radius 1 is 1.03 bits per heavy atom. The Morgan fingerprint density at radius 2 is 1.59 bits per heavy atom. The third-order valence-electron chi connectivity index (χ3n) is 4.45. The number of benzene rings is 2. The van der Waals surface area contributed by atoms with Crippen LogP contribution < -0.4 is 10.1 Å². The molecule has 0 aliphatic rings. The van der Waals surface area contributed by atoms with Crippen molar-refractivity contribution in [3.05, 3.63) is 65.5 Å². The van der Waals surface area contributed by atoms with Crippen LogP contribution in [0.15, 0.2) is 48.5 Å². The maximum absolute atomic E-state index is 13.2. The topological polar surface area (TPSA) is 58.6 Å². The van der Waals surface area contributed by atoms with Crippen LogP contribution in [0.25, 0.3) is 0 Å². The second kappa shape index (κ2) is 9.54. The molecule has 1 N–H and O–H groups in total. The zero-order chi connectivity index (χ0) is 21.6. The third-order valence-corrected chi connectivity index (χ3v) is 4.45. The summed E-state index contributed by atoms with van der Waals surface area (Å²) in [6, 6.07) is 12.5. The molecule has 0 saturated heterocycles. The van der Waals surface area contributed by atoms with Crippen molar-refractivity contribution >= 4 is 11.8 Å². The second-order valence-electron chi connectivity index (χ2n) is 8.09. The Kier molecular flexibility index (Phi) is 7.37. The van der Waals surface area contributed by atoms with Crippen molar-refractivity contribution in [2.45, 2.75) is 52.2 Å². The van der Waals surface area contributed by atoms with Gasteiger partial charge in [0.15, 0.2) is 0 Å². The van der Waals surface area contributed by atoms with Gasteiger partial charge in [-0.1, -0.05) is 24.3 Å². The highest BCUT2D eigenvalue weighted by Gasteiger charge is 2.28. The van der Waals surface area contributed by atoms with Gasteiger partial charge in [-0.3, -0.25) is 9.59 Å². The first-order valence-electron chi connectivity index (χ1n) is 9.58. The fraction of sp³-hybridized carbons (Fsp3) is 0.391. The molecular formula is C23H29FN2O3. The molecule has 1 atom stereocenters. The van der Waals surface area contributed by atoms with E-state index in [-0.39, 0.29) is 30.6 Å². The molecule has 5 nitrogen and oxygen atoms in total. The van der Waals surface area contributed by atoms with Crippen molar-refractivity contribution in [1.29, 1.82) is 0 Å². The molecule has 0 heterocycles. The van der Waals surface area contributed by atoms with Crippen LogP contribution in [-0.4, -0.2) is 35.4 Å². The van der Waals surface area contributed by atoms with Gasteiger partial charge in [-0.2, -0.15) is 0 Å². The molecule has 2 aromatic carbocycles. The van der Waals surface area contributed by atoms with Crippen LogP contribution in [0.1, 0.15) is 38.8 Å². The Morgan fingerprint density at radius 3 is 2.10 bits per heavy atom. The van der Waals surface area contributed by atoms with Crippen LogP contribution >= 0.6 is 0 Å². The molecule has 0 unspecified atom stereocenters. The van der Waals surface area contributed by atoms with E-state index in [1.165, 1.54) is 17.0 Å². The van der Waals surface area contributed by atoms with E-state index in [4.69, 9.17) is 4.74 Å². The number of methoxy groups -OCH3 is 1. The fourth-order valence-corrected chi connectivity index (χ4v) is 2.86. The second-order valence-corrected chi connectivity index (χ2v) is 8.09. The van der Waals surface area contributed by atoms with Gasteiger partial charge in [0.1, 0.15) is 17.6 Å². The monoisotopic (exact) mass is 400 g/mol. The maximum Gasteiger partial charge on any atom is 0.242 e. The lowest BCUT2D eigenvalue weighted by atomic mass is 10.1. The minimum Gasteiger partial charge on any atom is -0.497 e. The zero-order valence-electron chi connectivity index (χ0n) is 17.7. The number of halogens is 1. The molecule has 6 heteroatoms. The Bertz CT molecular complexity index is 827. The Labute approximate surface area is 171 Å². The van der Waals surface area contributed by atoms with Crippen LogP contribution in [0.5, 0.6) is 5.75 Å². The van der Waals surface area contributed by atoms with Crippen LogP contribution in [0, 0.1) is 5.82 Å². The number of carbonyl (C=O) groups is 2. The highest BCUT2D eigenvalue weighted by atomic mass is 19.1. The first-order valence-corrected chi connectivity index (χ1v) is 9.58. The van der Waals surface area contributed by atoms with E-state index in [9.17, 15) is 14.0 Å². The molecule has 0 spiro atoms. The first-order chi connectivity index (χ1) is 13.6. The van der Waals surface area contributed by atoms with Crippen LogP contribution in [0.3, 0.4) is 0 Å². The molecular weight excluding hydrogens is 371 g/mol. The minimum atomic E-state index is -0.676. The fourth-order valence-electron chi connectivity index (χ4n) is 2.86. The number of rotatable bonds is 7. The molecule has 2 aromatic rings. The molecule has 0 fully saturated rings. The molecule has 0 aliphatic heterocycles. The Hall–Kier alpha value is -2.89. The average Bonchev–Trinajstić information content (AvgIpc) is 2.66. The van der Waals surface area contributed by atoms with Crippen molar-refractivity contribution < 1.29 is 18.7 Å². The van der Waals surface area contributed by atoms with Crippen LogP contribution in [0.2, 0.25) is 0 Å². The molecule has 0 radical (unpaired) electrons. The van der Waals surface area contributed by atoms with Gasteiger partial charge in [0.2, 0.25) is 11.8 Å². The molecule has 2 rings (SSSR count). The summed E-state index contributed by atoms with van der Waals surface area (Å²) in [5.41, 5.74) is 1.17. The van der Waals surface area contributed by atoms with Crippen molar-refractivity contribution in [3.63, 3.8) is 0 Å². The molecule has 0 saturated carbocycles. The number of ether oxygens (including phenoxy) is 1. The minimum absolute atomic E-state index is 0.151. The summed E-state index contributed by atoms with van der Waals surface area (Å²) in [5, 5.41) is 2.92. The van der Waals surface area contributed by atoms with Crippen molar-refractivity contribution in [1.82, 2.24) is 10.2 Å². The molecule has 29 heavy (non-hydrogen) atoms. The number of hydrogen-bond acceptors (Lipinski definition) is 3. The van der Waals surface area contributed by atoms with E-state index in [1.807, 2.05) is 32.9 Å². The van der Waals surface area contributed by atoms with E-state index in [0.717, 1.165) is 11.1 Å². The zero-order valence-corrected chi connectivity index (χ0v) is 17.7. The van der Waals surface area contributed by atoms with Crippen molar-refractivity contribution in [2.24, 2.45) is 0 Å². The van der Waals surface area contributed by atoms with Gasteiger partial charge in [0, 0.05) is 12.1 Å². The molecule has 0 aromatic heterocycles. The van der Waals surface area contributed by atoms with Gasteiger partial charge < -0.3 is 15.0 Å². The first kappa shape index (κ1) is 22.4. The summed E-state index contributed by atoms with van der Waals surface area (Å²) in [7, 11) is 1.58. The summed E-state index contributed by atoms with van der Waals surface area (Å²) >= 11 is 0. The van der Waals surface area contributed by atoms with Crippen molar-refractivity contribution in [3.8, 4) is 5.75 Å². The summed E-state index contributed by atoms with van der Waals surface area (Å²) in [6.45, 7) is 7.59. The predicted octanol–water partition coefficient (Wildman–Crippen LogP) is 3.71. The SMILES string of the molecule is COc1ccc(CC(=O)N(Cc2ccc(F)cc2)[C@H](C)C(=O)NC(C)(C)C)cc1. The summed E-state index contributed by atoms with van der Waals surface area (Å²) in [5.74, 6) is -0.0515. The van der Waals surface area contributed by atoms with Crippen LogP contribution in [0.4, 0.5) is 4.39 Å². The average molecular weight is 400 g/mol. The molecule has 0 bridgehead atoms. The van der Waals surface area contributed by atoms with Gasteiger partial charge >= 0.3 is 0 Å². The Balaban J connectivity index is 2.22. The molecule has 156 valence electrons. The van der Waals surface area contributed by atoms with Gasteiger partial charge in [0.05, 0.1) is 13.5 Å². The highest BCUT2D eigenvalue weighted by Crippen LogP contribution is 2.16. The number of hydrogen-bond donors (Lipinski definition) is 1. The summed E-state index contributed by atoms with van der Waals surface area (Å²) in [4.78, 5) is 27.3. The van der Waals surface area contributed by atoms with Gasteiger partial charge in [-0.15, -0.1) is 0 Å². The smallest absolute Gasteiger partial charge is 0.242 e. The molecule has 2 amide bonds. The lowest BCUT2D eigenvalue weighted by Gasteiger charge is -2.31. The summed E-state index contributed by atoms with van der Waals surface area (Å²) in [6.07, 6.45) is 0.151. The molecule has 0 aliphatic carbocycles.